The summed E-state index contributed by atoms with van der Waals surface area (Å²) in [6.45, 7) is 1.82. The molecular formula is C20H19N3OS. The zero-order valence-corrected chi connectivity index (χ0v) is 15.2. The number of likely N-dealkylation sites (tertiary alicyclic amines) is 1. The van der Waals surface area contributed by atoms with Crippen LogP contribution in [0.1, 0.15) is 42.2 Å². The third-order valence-corrected chi connectivity index (χ3v) is 6.70. The quantitative estimate of drug-likeness (QED) is 0.800. The number of nitrogens with zero attached hydrogens (tertiary/aromatic N) is 2. The summed E-state index contributed by atoms with van der Waals surface area (Å²) >= 11 is 1.76. The minimum absolute atomic E-state index is 0.0564. The number of hydrogen-bond donors (Lipinski definition) is 1. The fraction of sp³-hybridized carbons (Fsp3) is 0.350. The number of hydrogen-bond acceptors (Lipinski definition) is 4. The van der Waals surface area contributed by atoms with Gasteiger partial charge in [0.25, 0.3) is 0 Å². The molecule has 2 aromatic rings. The maximum Gasteiger partial charge on any atom is 0.228 e. The third-order valence-electron chi connectivity index (χ3n) is 5.23. The molecule has 0 unspecified atom stereocenters. The molecule has 1 spiro atoms. The van der Waals surface area contributed by atoms with Crippen molar-refractivity contribution < 1.29 is 4.79 Å². The van der Waals surface area contributed by atoms with Crippen molar-refractivity contribution >= 4 is 23.1 Å². The Morgan fingerprint density at radius 1 is 1.32 bits per heavy atom. The van der Waals surface area contributed by atoms with Gasteiger partial charge in [0.05, 0.1) is 0 Å². The molecule has 126 valence electrons. The van der Waals surface area contributed by atoms with Crippen LogP contribution in [0.2, 0.25) is 0 Å². The van der Waals surface area contributed by atoms with E-state index in [1.807, 2.05) is 13.1 Å². The fourth-order valence-corrected chi connectivity index (χ4v) is 5.28. The molecule has 2 aromatic heterocycles. The van der Waals surface area contributed by atoms with Gasteiger partial charge in [-0.2, -0.15) is 0 Å². The van der Waals surface area contributed by atoms with Crippen LogP contribution in [-0.2, 0) is 16.6 Å². The highest BCUT2D eigenvalue weighted by molar-refractivity contribution is 7.15. The summed E-state index contributed by atoms with van der Waals surface area (Å²) in [6.07, 6.45) is 6.77. The molecule has 2 aliphatic rings. The molecule has 1 aliphatic heterocycles. The summed E-state index contributed by atoms with van der Waals surface area (Å²) in [6, 6.07) is 4.31. The van der Waals surface area contributed by atoms with Gasteiger partial charge < -0.3 is 4.90 Å². The Balaban J connectivity index is 1.73. The SMILES string of the molecule is CC#Cc1cncc(-c2cc3c(s2)[C@@]2(CC3)CC(=N)N(C)C(=O)C2)c1. The largest absolute Gasteiger partial charge is 0.304 e. The van der Waals surface area contributed by atoms with Crippen LogP contribution in [0.5, 0.6) is 0 Å². The predicted molar refractivity (Wildman–Crippen MR) is 99.8 cm³/mol. The number of piperidine rings is 1. The lowest BCUT2D eigenvalue weighted by molar-refractivity contribution is -0.129. The lowest BCUT2D eigenvalue weighted by Crippen LogP contribution is -2.46. The number of rotatable bonds is 1. The van der Waals surface area contributed by atoms with Gasteiger partial charge in [0.15, 0.2) is 0 Å². The van der Waals surface area contributed by atoms with Crippen LogP contribution in [0.25, 0.3) is 10.4 Å². The molecule has 4 rings (SSSR count). The molecule has 1 fully saturated rings. The van der Waals surface area contributed by atoms with E-state index < -0.39 is 0 Å². The zero-order chi connectivity index (χ0) is 17.6. The maximum absolute atomic E-state index is 12.3. The van der Waals surface area contributed by atoms with E-state index in [1.165, 1.54) is 20.2 Å². The van der Waals surface area contributed by atoms with Gasteiger partial charge in [-0.05, 0) is 37.5 Å². The first kappa shape index (κ1) is 16.0. The van der Waals surface area contributed by atoms with Crippen LogP contribution >= 0.6 is 11.3 Å². The van der Waals surface area contributed by atoms with Crippen LogP contribution < -0.4 is 0 Å². The van der Waals surface area contributed by atoms with Crippen molar-refractivity contribution in [1.82, 2.24) is 9.88 Å². The molecule has 25 heavy (non-hydrogen) atoms. The van der Waals surface area contributed by atoms with E-state index in [2.05, 4.69) is 29.0 Å². The van der Waals surface area contributed by atoms with Gasteiger partial charge in [-0.1, -0.05) is 5.92 Å². The molecule has 1 N–H and O–H groups in total. The first-order valence-electron chi connectivity index (χ1n) is 8.38. The number of pyridine rings is 1. The number of amidine groups is 1. The van der Waals surface area contributed by atoms with Gasteiger partial charge >= 0.3 is 0 Å². The minimum atomic E-state index is -0.173. The van der Waals surface area contributed by atoms with Crippen molar-refractivity contribution in [3.05, 3.63) is 40.5 Å². The van der Waals surface area contributed by atoms with Gasteiger partial charge in [-0.3, -0.25) is 15.2 Å². The Labute approximate surface area is 151 Å². The number of carbonyl (C=O) groups is 1. The summed E-state index contributed by atoms with van der Waals surface area (Å²) in [4.78, 5) is 20.6. The second kappa shape index (κ2) is 5.82. The van der Waals surface area contributed by atoms with E-state index in [0.717, 1.165) is 24.0 Å². The van der Waals surface area contributed by atoms with Crippen LogP contribution in [-0.4, -0.2) is 28.7 Å². The van der Waals surface area contributed by atoms with Gasteiger partial charge in [-0.15, -0.1) is 17.3 Å². The molecule has 5 heteroatoms. The number of fused-ring (bicyclic) bond motifs is 2. The predicted octanol–water partition coefficient (Wildman–Crippen LogP) is 3.59. The number of amides is 1. The molecule has 1 aliphatic carbocycles. The van der Waals surface area contributed by atoms with Crippen LogP contribution in [0.15, 0.2) is 24.5 Å². The van der Waals surface area contributed by atoms with Crippen LogP contribution in [0, 0.1) is 17.3 Å². The molecule has 0 radical (unpaired) electrons. The summed E-state index contributed by atoms with van der Waals surface area (Å²) in [5.41, 5.74) is 3.15. The van der Waals surface area contributed by atoms with Crippen molar-refractivity contribution in [3.63, 3.8) is 0 Å². The van der Waals surface area contributed by atoms with E-state index >= 15 is 0 Å². The summed E-state index contributed by atoms with van der Waals surface area (Å²) in [7, 11) is 1.71. The maximum atomic E-state index is 12.3. The molecule has 0 saturated carbocycles. The summed E-state index contributed by atoms with van der Waals surface area (Å²) in [5.74, 6) is 6.45. The third kappa shape index (κ3) is 2.58. The minimum Gasteiger partial charge on any atom is -0.304 e. The fourth-order valence-electron chi connectivity index (χ4n) is 3.88. The highest BCUT2D eigenvalue weighted by Crippen LogP contribution is 2.51. The van der Waals surface area contributed by atoms with Gasteiger partial charge in [-0.25, -0.2) is 0 Å². The van der Waals surface area contributed by atoms with Crippen molar-refractivity contribution in [1.29, 1.82) is 5.41 Å². The van der Waals surface area contributed by atoms with E-state index in [0.29, 0.717) is 18.7 Å². The normalized spacial score (nSPS) is 22.1. The molecule has 1 amide bonds. The number of nitrogens with one attached hydrogen (secondary N) is 1. The Morgan fingerprint density at radius 2 is 2.16 bits per heavy atom. The van der Waals surface area contributed by atoms with Gasteiger partial charge in [0.1, 0.15) is 5.84 Å². The Bertz CT molecular complexity index is 929. The number of thiophene rings is 1. The highest BCUT2D eigenvalue weighted by Gasteiger charge is 2.47. The first-order chi connectivity index (χ1) is 12.0. The van der Waals surface area contributed by atoms with E-state index in [4.69, 9.17) is 5.41 Å². The Kier molecular flexibility index (Phi) is 3.73. The highest BCUT2D eigenvalue weighted by atomic mass is 32.1. The molecule has 4 nitrogen and oxygen atoms in total. The Morgan fingerprint density at radius 3 is 2.92 bits per heavy atom. The average Bonchev–Trinajstić information content (AvgIpc) is 3.15. The average molecular weight is 349 g/mol. The van der Waals surface area contributed by atoms with Crippen molar-refractivity contribution in [2.24, 2.45) is 0 Å². The van der Waals surface area contributed by atoms with E-state index in [-0.39, 0.29) is 11.3 Å². The number of carbonyl (C=O) groups excluding carboxylic acids is 1. The molecule has 1 saturated heterocycles. The van der Waals surface area contributed by atoms with Crippen molar-refractivity contribution in [3.8, 4) is 22.3 Å². The number of aryl methyl sites for hydroxylation is 1. The lowest BCUT2D eigenvalue weighted by atomic mass is 9.77. The summed E-state index contributed by atoms with van der Waals surface area (Å²) in [5, 5.41) is 8.19. The Hall–Kier alpha value is -2.45. The number of aromatic nitrogens is 1. The van der Waals surface area contributed by atoms with Crippen molar-refractivity contribution in [2.75, 3.05) is 7.05 Å². The van der Waals surface area contributed by atoms with Crippen LogP contribution in [0.3, 0.4) is 0 Å². The van der Waals surface area contributed by atoms with Crippen molar-refractivity contribution in [2.45, 2.75) is 38.0 Å². The summed E-state index contributed by atoms with van der Waals surface area (Å²) < 4.78 is 0. The molecular weight excluding hydrogens is 330 g/mol. The second-order valence-electron chi connectivity index (χ2n) is 6.84. The topological polar surface area (TPSA) is 57.1 Å². The lowest BCUT2D eigenvalue weighted by Gasteiger charge is -2.37. The smallest absolute Gasteiger partial charge is 0.228 e. The van der Waals surface area contributed by atoms with Crippen LogP contribution in [0.4, 0.5) is 0 Å². The monoisotopic (exact) mass is 349 g/mol. The standard InChI is InChI=1S/C20H19N3OS/c1-3-4-13-7-15(12-22-11-13)16-8-14-5-6-20(19(14)25-16)9-17(21)23(2)18(24)10-20/h7-8,11-12,21H,5-6,9-10H2,1-2H3/t20-/m0/s1. The van der Waals surface area contributed by atoms with E-state index in [1.54, 1.807) is 24.6 Å². The molecule has 3 heterocycles. The van der Waals surface area contributed by atoms with Gasteiger partial charge in [0, 0.05) is 58.6 Å². The van der Waals surface area contributed by atoms with Gasteiger partial charge in [0.2, 0.25) is 5.91 Å². The van der Waals surface area contributed by atoms with E-state index in [9.17, 15) is 4.79 Å². The molecule has 0 aromatic carbocycles. The second-order valence-corrected chi connectivity index (χ2v) is 7.89. The molecule has 0 bridgehead atoms. The zero-order valence-electron chi connectivity index (χ0n) is 14.3. The first-order valence-corrected chi connectivity index (χ1v) is 9.19. The molecule has 1 atom stereocenters.